The summed E-state index contributed by atoms with van der Waals surface area (Å²) >= 11 is 0. The lowest BCUT2D eigenvalue weighted by atomic mass is 9.78. The van der Waals surface area contributed by atoms with Gasteiger partial charge in [-0.3, -0.25) is 4.79 Å². The second-order valence-corrected chi connectivity index (χ2v) is 7.45. The zero-order valence-corrected chi connectivity index (χ0v) is 16.1. The van der Waals surface area contributed by atoms with Crippen molar-refractivity contribution < 1.29 is 18.3 Å². The van der Waals surface area contributed by atoms with Gasteiger partial charge in [0.2, 0.25) is 5.95 Å². The molecule has 30 heavy (non-hydrogen) atoms. The minimum Gasteiger partial charge on any atom is -0.497 e. The SMILES string of the molecule is COc1ccc([C@H]2CC(=O)C3=C(C2)Nc2ncnn2[C@H]3c2cc(F)cc(F)c2)cc1. The van der Waals surface area contributed by atoms with E-state index in [1.807, 2.05) is 24.3 Å². The number of benzene rings is 2. The number of nitrogens with zero attached hydrogens (tertiary/aromatic N) is 3. The van der Waals surface area contributed by atoms with Crippen molar-refractivity contribution in [2.24, 2.45) is 0 Å². The molecular weight excluding hydrogens is 390 g/mol. The number of fused-ring (bicyclic) bond motifs is 1. The molecule has 2 aromatic carbocycles. The molecule has 8 heteroatoms. The molecule has 2 aliphatic rings. The maximum absolute atomic E-state index is 13.9. The number of Topliss-reactive ketones (excluding diaryl/α,β-unsaturated/α-hetero) is 1. The monoisotopic (exact) mass is 408 g/mol. The lowest BCUT2D eigenvalue weighted by Crippen LogP contribution is -2.33. The first kappa shape index (κ1) is 18.5. The van der Waals surface area contributed by atoms with Crippen molar-refractivity contribution in [3.63, 3.8) is 0 Å². The van der Waals surface area contributed by atoms with E-state index in [4.69, 9.17) is 4.74 Å². The van der Waals surface area contributed by atoms with Gasteiger partial charge in [0, 0.05) is 23.8 Å². The summed E-state index contributed by atoms with van der Waals surface area (Å²) in [4.78, 5) is 17.5. The molecule has 6 nitrogen and oxygen atoms in total. The number of carbonyl (C=O) groups excluding carboxylic acids is 1. The van der Waals surface area contributed by atoms with Gasteiger partial charge in [-0.2, -0.15) is 10.1 Å². The van der Waals surface area contributed by atoms with Crippen molar-refractivity contribution in [3.8, 4) is 5.75 Å². The molecule has 1 aliphatic carbocycles. The molecule has 0 unspecified atom stereocenters. The molecule has 1 N–H and O–H groups in total. The first-order valence-corrected chi connectivity index (χ1v) is 9.56. The van der Waals surface area contributed by atoms with Gasteiger partial charge in [0.15, 0.2) is 5.78 Å². The molecule has 0 amide bonds. The average Bonchev–Trinajstić information content (AvgIpc) is 3.19. The summed E-state index contributed by atoms with van der Waals surface area (Å²) in [6, 6.07) is 10.2. The Morgan fingerprint density at radius 3 is 2.50 bits per heavy atom. The van der Waals surface area contributed by atoms with Gasteiger partial charge in [0.05, 0.1) is 7.11 Å². The second kappa shape index (κ2) is 7.05. The van der Waals surface area contributed by atoms with Crippen molar-refractivity contribution in [1.82, 2.24) is 14.8 Å². The molecular formula is C22H18F2N4O2. The van der Waals surface area contributed by atoms with Crippen LogP contribution in [0.3, 0.4) is 0 Å². The molecule has 0 spiro atoms. The number of halogens is 2. The number of allylic oxidation sites excluding steroid dienone is 2. The van der Waals surface area contributed by atoms with E-state index in [1.165, 1.54) is 23.1 Å². The minimum atomic E-state index is -0.728. The third kappa shape index (κ3) is 3.04. The summed E-state index contributed by atoms with van der Waals surface area (Å²) in [6.45, 7) is 0. The molecule has 1 aliphatic heterocycles. The Balaban J connectivity index is 1.58. The highest BCUT2D eigenvalue weighted by molar-refractivity contribution is 6.00. The topological polar surface area (TPSA) is 69.0 Å². The standard InChI is InChI=1S/C22H18F2N4O2/c1-30-17-4-2-12(3-5-17)13-8-18-20(19(29)9-13)21(28-22(27-18)25-11-26-28)14-6-15(23)10-16(24)7-14/h2-7,10-11,13,21H,8-9H2,1H3,(H,25,26,27)/t13-,21+/m1/s1. The normalized spacial score (nSPS) is 20.4. The van der Waals surface area contributed by atoms with Crippen molar-refractivity contribution in [2.75, 3.05) is 12.4 Å². The Morgan fingerprint density at radius 1 is 1.07 bits per heavy atom. The number of aromatic nitrogens is 3. The van der Waals surface area contributed by atoms with Crippen LogP contribution < -0.4 is 10.1 Å². The van der Waals surface area contributed by atoms with Crippen LogP contribution in [0.4, 0.5) is 14.7 Å². The Morgan fingerprint density at radius 2 is 1.80 bits per heavy atom. The third-order valence-corrected chi connectivity index (χ3v) is 5.65. The van der Waals surface area contributed by atoms with E-state index in [2.05, 4.69) is 15.4 Å². The van der Waals surface area contributed by atoms with E-state index in [0.717, 1.165) is 17.4 Å². The molecule has 0 radical (unpaired) electrons. The van der Waals surface area contributed by atoms with Gasteiger partial charge >= 0.3 is 0 Å². The predicted octanol–water partition coefficient (Wildman–Crippen LogP) is 3.98. The number of hydrogen-bond acceptors (Lipinski definition) is 5. The van der Waals surface area contributed by atoms with Crippen LogP contribution in [0.15, 0.2) is 60.1 Å². The van der Waals surface area contributed by atoms with E-state index in [9.17, 15) is 13.6 Å². The summed E-state index contributed by atoms with van der Waals surface area (Å²) in [5, 5.41) is 7.39. The summed E-state index contributed by atoms with van der Waals surface area (Å²) in [5.74, 6) is -0.322. The number of rotatable bonds is 3. The highest BCUT2D eigenvalue weighted by Crippen LogP contribution is 2.44. The van der Waals surface area contributed by atoms with Crippen molar-refractivity contribution in [2.45, 2.75) is 24.8 Å². The van der Waals surface area contributed by atoms with Crippen molar-refractivity contribution in [1.29, 1.82) is 0 Å². The van der Waals surface area contributed by atoms with E-state index in [0.29, 0.717) is 35.6 Å². The van der Waals surface area contributed by atoms with E-state index < -0.39 is 17.7 Å². The lowest BCUT2D eigenvalue weighted by molar-refractivity contribution is -0.116. The highest BCUT2D eigenvalue weighted by Gasteiger charge is 2.39. The average molecular weight is 408 g/mol. The van der Waals surface area contributed by atoms with Gasteiger partial charge < -0.3 is 10.1 Å². The molecule has 0 bridgehead atoms. The fourth-order valence-electron chi connectivity index (χ4n) is 4.30. The Hall–Kier alpha value is -3.55. The van der Waals surface area contributed by atoms with Crippen LogP contribution in [0.2, 0.25) is 0 Å². The maximum Gasteiger partial charge on any atom is 0.226 e. The molecule has 0 saturated heterocycles. The number of methoxy groups -OCH3 is 1. The predicted molar refractivity (Wildman–Crippen MR) is 105 cm³/mol. The molecule has 2 heterocycles. The van der Waals surface area contributed by atoms with Crippen LogP contribution in [0, 0.1) is 11.6 Å². The first-order valence-electron chi connectivity index (χ1n) is 9.56. The molecule has 1 aromatic heterocycles. The van der Waals surface area contributed by atoms with Crippen molar-refractivity contribution >= 4 is 11.7 Å². The van der Waals surface area contributed by atoms with Gasteiger partial charge in [-0.15, -0.1) is 0 Å². The maximum atomic E-state index is 13.9. The molecule has 5 rings (SSSR count). The number of hydrogen-bond donors (Lipinski definition) is 1. The van der Waals surface area contributed by atoms with Crippen LogP contribution in [-0.4, -0.2) is 27.7 Å². The zero-order chi connectivity index (χ0) is 20.8. The Kier molecular flexibility index (Phi) is 4.34. The summed E-state index contributed by atoms with van der Waals surface area (Å²) < 4.78 is 34.6. The van der Waals surface area contributed by atoms with Gasteiger partial charge in [-0.1, -0.05) is 12.1 Å². The molecule has 152 valence electrons. The number of anilines is 1. The van der Waals surface area contributed by atoms with Crippen LogP contribution in [0.5, 0.6) is 5.75 Å². The van der Waals surface area contributed by atoms with Gasteiger partial charge in [0.1, 0.15) is 29.8 Å². The smallest absolute Gasteiger partial charge is 0.226 e. The number of ketones is 1. The summed E-state index contributed by atoms with van der Waals surface area (Å²) in [7, 11) is 1.60. The van der Waals surface area contributed by atoms with Crippen LogP contribution >= 0.6 is 0 Å². The Bertz CT molecular complexity index is 1150. The number of carbonyl (C=O) groups is 1. The zero-order valence-electron chi connectivity index (χ0n) is 16.1. The fraction of sp³-hybridized carbons (Fsp3) is 0.227. The molecule has 0 fully saturated rings. The van der Waals surface area contributed by atoms with Gasteiger partial charge in [-0.05, 0) is 47.7 Å². The summed E-state index contributed by atoms with van der Waals surface area (Å²) in [5.41, 5.74) is 2.53. The number of ether oxygens (including phenoxy) is 1. The second-order valence-electron chi connectivity index (χ2n) is 7.45. The molecule has 0 saturated carbocycles. The molecule has 3 aromatic rings. The van der Waals surface area contributed by atoms with Gasteiger partial charge in [-0.25, -0.2) is 13.5 Å². The quantitative estimate of drug-likeness (QED) is 0.710. The number of nitrogens with one attached hydrogen (secondary N) is 1. The Labute approximate surface area is 171 Å². The lowest BCUT2D eigenvalue weighted by Gasteiger charge is -2.35. The third-order valence-electron chi connectivity index (χ3n) is 5.65. The van der Waals surface area contributed by atoms with E-state index in [-0.39, 0.29) is 11.7 Å². The minimum absolute atomic E-state index is 0.0194. The van der Waals surface area contributed by atoms with Crippen LogP contribution in [0.1, 0.15) is 35.9 Å². The highest BCUT2D eigenvalue weighted by atomic mass is 19.1. The van der Waals surface area contributed by atoms with Gasteiger partial charge in [0.25, 0.3) is 0 Å². The van der Waals surface area contributed by atoms with E-state index >= 15 is 0 Å². The van der Waals surface area contributed by atoms with Crippen LogP contribution in [-0.2, 0) is 4.79 Å². The fourth-order valence-corrected chi connectivity index (χ4v) is 4.30. The van der Waals surface area contributed by atoms with Crippen LogP contribution in [0.25, 0.3) is 0 Å². The largest absolute Gasteiger partial charge is 0.497 e. The van der Waals surface area contributed by atoms with Crippen molar-refractivity contribution in [3.05, 3.63) is 82.8 Å². The summed E-state index contributed by atoms with van der Waals surface area (Å²) in [6.07, 6.45) is 2.23. The molecule has 2 atom stereocenters. The van der Waals surface area contributed by atoms with E-state index in [1.54, 1.807) is 7.11 Å². The first-order chi connectivity index (χ1) is 14.5.